The van der Waals surface area contributed by atoms with E-state index < -0.39 is 5.97 Å². The van der Waals surface area contributed by atoms with Crippen LogP contribution in [-0.2, 0) is 4.74 Å². The summed E-state index contributed by atoms with van der Waals surface area (Å²) in [6.45, 7) is 0. The Balaban J connectivity index is 1.76. The van der Waals surface area contributed by atoms with Crippen molar-refractivity contribution in [1.29, 1.82) is 0 Å². The average molecular weight is 309 g/mol. The van der Waals surface area contributed by atoms with Crippen LogP contribution >= 0.6 is 0 Å². The molecule has 0 amide bonds. The van der Waals surface area contributed by atoms with Gasteiger partial charge in [0.1, 0.15) is 16.8 Å². The minimum atomic E-state index is -0.480. The molecular weight excluding hydrogens is 294 g/mol. The molecule has 0 spiro atoms. The van der Waals surface area contributed by atoms with Crippen LogP contribution in [0.4, 0.5) is 0 Å². The van der Waals surface area contributed by atoms with Crippen LogP contribution < -0.4 is 4.74 Å². The monoisotopic (exact) mass is 309 g/mol. The van der Waals surface area contributed by atoms with E-state index in [1.165, 1.54) is 36.3 Å². The third-order valence-electron chi connectivity index (χ3n) is 3.93. The van der Waals surface area contributed by atoms with Gasteiger partial charge in [-0.05, 0) is 42.5 Å². The van der Waals surface area contributed by atoms with E-state index in [-0.39, 0.29) is 0 Å². The fourth-order valence-electron chi connectivity index (χ4n) is 2.63. The molecule has 0 aliphatic heterocycles. The van der Waals surface area contributed by atoms with E-state index in [4.69, 9.17) is 9.47 Å². The van der Waals surface area contributed by atoms with Crippen LogP contribution in [0.2, 0.25) is 0 Å². The van der Waals surface area contributed by atoms with E-state index in [9.17, 15) is 4.79 Å². The molecule has 6 heteroatoms. The number of nitrogens with zero attached hydrogens (tertiary/aromatic N) is 3. The minimum absolute atomic E-state index is 0.317. The second kappa shape index (κ2) is 5.39. The molecule has 0 atom stereocenters. The van der Waals surface area contributed by atoms with Gasteiger partial charge in [-0.3, -0.25) is 0 Å². The van der Waals surface area contributed by atoms with Crippen LogP contribution in [0, 0.1) is 0 Å². The van der Waals surface area contributed by atoms with Crippen molar-refractivity contribution in [2.45, 2.75) is 18.8 Å². The summed E-state index contributed by atoms with van der Waals surface area (Å²) in [5.41, 5.74) is 2.13. The second-order valence-corrected chi connectivity index (χ2v) is 5.53. The molecule has 0 unspecified atom stereocenters. The summed E-state index contributed by atoms with van der Waals surface area (Å²) in [7, 11) is 1.34. The van der Waals surface area contributed by atoms with Crippen molar-refractivity contribution >= 4 is 11.5 Å². The van der Waals surface area contributed by atoms with Gasteiger partial charge in [0, 0.05) is 0 Å². The standard InChI is InChI=1S/C17H15N3O3/c1-22-17(21)16-14-7-8-18-20(14)19-10-15(16)23-13-4-2-3-12(9-13)11-5-6-11/h2-4,7-11H,5-6H2,1H3. The molecule has 2 heterocycles. The Kier molecular flexibility index (Phi) is 3.22. The minimum Gasteiger partial charge on any atom is -0.465 e. The Morgan fingerprint density at radius 1 is 1.26 bits per heavy atom. The highest BCUT2D eigenvalue weighted by molar-refractivity contribution is 5.99. The number of carbonyl (C=O) groups excluding carboxylic acids is 1. The Bertz CT molecular complexity index is 884. The van der Waals surface area contributed by atoms with Gasteiger partial charge in [-0.25, -0.2) is 4.79 Å². The van der Waals surface area contributed by atoms with Gasteiger partial charge in [-0.15, -0.1) is 0 Å². The molecular formula is C17H15N3O3. The number of fused-ring (bicyclic) bond motifs is 1. The summed E-state index contributed by atoms with van der Waals surface area (Å²) in [6.07, 6.45) is 5.50. The Labute approximate surface area is 132 Å². The van der Waals surface area contributed by atoms with Crippen molar-refractivity contribution in [1.82, 2.24) is 14.8 Å². The number of ether oxygens (including phenoxy) is 2. The van der Waals surface area contributed by atoms with E-state index in [2.05, 4.69) is 16.3 Å². The molecule has 4 rings (SSSR count). The van der Waals surface area contributed by atoms with Crippen molar-refractivity contribution in [3.63, 3.8) is 0 Å². The van der Waals surface area contributed by atoms with Crippen LogP contribution in [0.5, 0.6) is 11.5 Å². The van der Waals surface area contributed by atoms with Crippen molar-refractivity contribution in [3.05, 3.63) is 53.9 Å². The zero-order valence-electron chi connectivity index (χ0n) is 12.6. The first-order valence-corrected chi connectivity index (χ1v) is 7.45. The SMILES string of the molecule is COC(=O)c1c(Oc2cccc(C3CC3)c2)cnn2nccc12. The predicted octanol–water partition coefficient (Wildman–Crippen LogP) is 3.19. The molecule has 0 saturated heterocycles. The lowest BCUT2D eigenvalue weighted by Gasteiger charge is -2.11. The molecule has 0 bridgehead atoms. The maximum absolute atomic E-state index is 12.2. The van der Waals surface area contributed by atoms with Gasteiger partial charge in [-0.1, -0.05) is 12.1 Å². The lowest BCUT2D eigenvalue weighted by Crippen LogP contribution is -2.08. The zero-order chi connectivity index (χ0) is 15.8. The summed E-state index contributed by atoms with van der Waals surface area (Å²) < 4.78 is 12.2. The van der Waals surface area contributed by atoms with E-state index in [1.54, 1.807) is 12.3 Å². The third-order valence-corrected chi connectivity index (χ3v) is 3.93. The molecule has 1 aliphatic rings. The van der Waals surface area contributed by atoms with Crippen molar-refractivity contribution < 1.29 is 14.3 Å². The smallest absolute Gasteiger partial charge is 0.344 e. The molecule has 0 N–H and O–H groups in total. The molecule has 116 valence electrons. The number of aromatic nitrogens is 3. The van der Waals surface area contributed by atoms with E-state index in [0.717, 1.165) is 0 Å². The highest BCUT2D eigenvalue weighted by atomic mass is 16.5. The van der Waals surface area contributed by atoms with Crippen LogP contribution in [-0.4, -0.2) is 27.9 Å². The Morgan fingerprint density at radius 2 is 2.13 bits per heavy atom. The van der Waals surface area contributed by atoms with E-state index >= 15 is 0 Å². The lowest BCUT2D eigenvalue weighted by molar-refractivity contribution is 0.0599. The van der Waals surface area contributed by atoms with E-state index in [0.29, 0.717) is 28.5 Å². The summed E-state index contributed by atoms with van der Waals surface area (Å²) in [6, 6.07) is 9.65. The molecule has 1 fully saturated rings. The maximum Gasteiger partial charge on any atom is 0.344 e. The van der Waals surface area contributed by atoms with Crippen LogP contribution in [0.1, 0.15) is 34.7 Å². The number of methoxy groups -OCH3 is 1. The first-order chi connectivity index (χ1) is 11.3. The number of hydrogen-bond donors (Lipinski definition) is 0. The Morgan fingerprint density at radius 3 is 2.91 bits per heavy atom. The maximum atomic E-state index is 12.2. The largest absolute Gasteiger partial charge is 0.465 e. The molecule has 2 aromatic heterocycles. The third kappa shape index (κ3) is 2.52. The topological polar surface area (TPSA) is 65.7 Å². The van der Waals surface area contributed by atoms with Crippen LogP contribution in [0.25, 0.3) is 5.52 Å². The first kappa shape index (κ1) is 13.8. The number of hydrogen-bond acceptors (Lipinski definition) is 5. The first-order valence-electron chi connectivity index (χ1n) is 7.45. The summed E-state index contributed by atoms with van der Waals surface area (Å²) in [5.74, 6) is 1.20. The lowest BCUT2D eigenvalue weighted by atomic mass is 10.1. The van der Waals surface area contributed by atoms with Crippen molar-refractivity contribution in [3.8, 4) is 11.5 Å². The van der Waals surface area contributed by atoms with Gasteiger partial charge in [0.15, 0.2) is 5.75 Å². The van der Waals surface area contributed by atoms with Gasteiger partial charge in [0.25, 0.3) is 0 Å². The Hall–Kier alpha value is -2.89. The molecule has 0 radical (unpaired) electrons. The van der Waals surface area contributed by atoms with Crippen LogP contribution in [0.15, 0.2) is 42.7 Å². The predicted molar refractivity (Wildman–Crippen MR) is 82.8 cm³/mol. The quantitative estimate of drug-likeness (QED) is 0.692. The summed E-state index contributed by atoms with van der Waals surface area (Å²) in [4.78, 5) is 12.2. The molecule has 6 nitrogen and oxygen atoms in total. The molecule has 23 heavy (non-hydrogen) atoms. The van der Waals surface area contributed by atoms with Gasteiger partial charge < -0.3 is 9.47 Å². The fourth-order valence-corrected chi connectivity index (χ4v) is 2.63. The van der Waals surface area contributed by atoms with Crippen molar-refractivity contribution in [2.75, 3.05) is 7.11 Å². The molecule has 1 aliphatic carbocycles. The summed E-state index contributed by atoms with van der Waals surface area (Å²) in [5, 5.41) is 8.19. The normalized spacial score (nSPS) is 14.0. The second-order valence-electron chi connectivity index (χ2n) is 5.53. The van der Waals surface area contributed by atoms with Gasteiger partial charge in [0.05, 0.1) is 19.5 Å². The molecule has 1 aromatic carbocycles. The fraction of sp³-hybridized carbons (Fsp3) is 0.235. The van der Waals surface area contributed by atoms with Gasteiger partial charge in [0.2, 0.25) is 0 Å². The average Bonchev–Trinajstić information content (AvgIpc) is 3.32. The summed E-state index contributed by atoms with van der Waals surface area (Å²) >= 11 is 0. The van der Waals surface area contributed by atoms with E-state index in [1.807, 2.05) is 18.2 Å². The highest BCUT2D eigenvalue weighted by Crippen LogP contribution is 2.41. The van der Waals surface area contributed by atoms with Gasteiger partial charge in [-0.2, -0.15) is 14.8 Å². The number of esters is 1. The number of carbonyl (C=O) groups is 1. The zero-order valence-corrected chi connectivity index (χ0v) is 12.6. The molecule has 3 aromatic rings. The van der Waals surface area contributed by atoms with Crippen molar-refractivity contribution in [2.24, 2.45) is 0 Å². The number of rotatable bonds is 4. The number of benzene rings is 1. The van der Waals surface area contributed by atoms with Crippen LogP contribution in [0.3, 0.4) is 0 Å². The highest BCUT2D eigenvalue weighted by Gasteiger charge is 2.24. The van der Waals surface area contributed by atoms with Gasteiger partial charge >= 0.3 is 5.97 Å². The molecule has 1 saturated carbocycles.